The van der Waals surface area contributed by atoms with Crippen molar-refractivity contribution in [3.63, 3.8) is 0 Å². The van der Waals surface area contributed by atoms with Gasteiger partial charge in [0.15, 0.2) is 13.9 Å². The summed E-state index contributed by atoms with van der Waals surface area (Å²) in [5, 5.41) is 5.31. The Bertz CT molecular complexity index is 3370. The first-order chi connectivity index (χ1) is 38.1. The number of nitrogens with zero attached hydrogens (tertiary/aromatic N) is 5. The molecule has 1 aromatic heterocycles. The van der Waals surface area contributed by atoms with Crippen LogP contribution in [-0.2, 0) is 10.8 Å². The van der Waals surface area contributed by atoms with Crippen LogP contribution in [0.4, 0.5) is 34.6 Å². The van der Waals surface area contributed by atoms with Gasteiger partial charge < -0.3 is 0 Å². The van der Waals surface area contributed by atoms with Gasteiger partial charge in [0.05, 0.1) is 22.7 Å². The van der Waals surface area contributed by atoms with Gasteiger partial charge in [-0.15, -0.1) is 0 Å². The van der Waals surface area contributed by atoms with E-state index in [0.29, 0.717) is 41.4 Å². The summed E-state index contributed by atoms with van der Waals surface area (Å²) >= 11 is 0. The Balaban J connectivity index is 0.917. The van der Waals surface area contributed by atoms with Gasteiger partial charge in [0.1, 0.15) is 0 Å². The molecule has 8 aromatic carbocycles. The first kappa shape index (κ1) is 44.7. The SMILES string of the molecule is c1ccc([Si](c2ccccc2)(c2ccccc2)c2cccc(-c3nc(N4c5ccccc5C5(c6ccccc64)C4CC6CC(C4)CC5C6)nc(N4c5ccccc5C5(c6ccccc64)C4CC6CC(C4)CC5C6)n3)c2)cc1. The minimum absolute atomic E-state index is 0.0396. The first-order valence-corrected chi connectivity index (χ1v) is 31.1. The molecular weight excluding hydrogens is 951 g/mol. The summed E-state index contributed by atoms with van der Waals surface area (Å²) < 4.78 is 0. The van der Waals surface area contributed by atoms with E-state index in [2.05, 4.69) is 222 Å². The molecule has 6 heteroatoms. The predicted octanol–water partition coefficient (Wildman–Crippen LogP) is 14.0. The zero-order valence-corrected chi connectivity index (χ0v) is 44.6. The van der Waals surface area contributed by atoms with E-state index in [4.69, 9.17) is 15.0 Å². The van der Waals surface area contributed by atoms with Crippen molar-refractivity contribution in [1.29, 1.82) is 0 Å². The number of aromatic nitrogens is 3. The van der Waals surface area contributed by atoms with Crippen LogP contribution < -0.4 is 30.5 Å². The molecule has 0 unspecified atom stereocenters. The second kappa shape index (κ2) is 16.8. The van der Waals surface area contributed by atoms with Crippen LogP contribution in [0.25, 0.3) is 11.4 Å². The minimum atomic E-state index is -2.91. The highest BCUT2D eigenvalue weighted by molar-refractivity contribution is 7.19. The largest absolute Gasteiger partial charge is 0.278 e. The van der Waals surface area contributed by atoms with E-state index in [0.717, 1.165) is 29.2 Å². The van der Waals surface area contributed by atoms with Crippen LogP contribution in [0.2, 0.25) is 0 Å². The maximum Gasteiger partial charge on any atom is 0.240 e. The van der Waals surface area contributed by atoms with Crippen LogP contribution >= 0.6 is 0 Å². The van der Waals surface area contributed by atoms with Crippen LogP contribution in [0.3, 0.4) is 0 Å². The Morgan fingerprint density at radius 2 is 0.623 bits per heavy atom. The highest BCUT2D eigenvalue weighted by Crippen LogP contribution is 2.71. The van der Waals surface area contributed by atoms with E-state index in [1.54, 1.807) is 0 Å². The van der Waals surface area contributed by atoms with Crippen LogP contribution in [0.1, 0.15) is 86.5 Å². The normalized spacial score (nSPS) is 26.1. The molecule has 0 amide bonds. The summed E-state index contributed by atoms with van der Waals surface area (Å²) in [5.41, 5.74) is 11.6. The fourth-order valence-electron chi connectivity index (χ4n) is 19.3. The number of anilines is 6. The summed E-state index contributed by atoms with van der Waals surface area (Å²) in [6, 6.07) is 80.7. The summed E-state index contributed by atoms with van der Waals surface area (Å²) in [6.07, 6.45) is 13.4. The number of rotatable bonds is 7. The lowest BCUT2D eigenvalue weighted by molar-refractivity contribution is -0.0419. The summed E-state index contributed by atoms with van der Waals surface area (Å²) in [7, 11) is -2.91. The minimum Gasteiger partial charge on any atom is -0.278 e. The van der Waals surface area contributed by atoms with Crippen LogP contribution in [0.5, 0.6) is 0 Å². The second-order valence-corrected chi connectivity index (χ2v) is 28.6. The fraction of sp³-hybridized carbons (Fsp3) is 0.282. The van der Waals surface area contributed by atoms with Crippen molar-refractivity contribution in [3.05, 3.63) is 235 Å². The molecule has 8 bridgehead atoms. The molecule has 19 rings (SSSR count). The average Bonchev–Trinajstić information content (AvgIpc) is 3.66. The topological polar surface area (TPSA) is 45.2 Å². The second-order valence-electron chi connectivity index (χ2n) is 24.8. The molecular formula is C71H63N5Si. The smallest absolute Gasteiger partial charge is 0.240 e. The quantitative estimate of drug-likeness (QED) is 0.118. The molecule has 0 radical (unpaired) electrons. The molecule has 77 heavy (non-hydrogen) atoms. The molecule has 8 fully saturated rings. The van der Waals surface area contributed by atoms with Crippen molar-refractivity contribution >= 4 is 63.5 Å². The molecule has 0 saturated heterocycles. The van der Waals surface area contributed by atoms with Crippen LogP contribution in [0.15, 0.2) is 212 Å². The van der Waals surface area contributed by atoms with Gasteiger partial charge in [0, 0.05) is 16.4 Å². The molecule has 9 aromatic rings. The van der Waals surface area contributed by atoms with E-state index in [9.17, 15) is 0 Å². The van der Waals surface area contributed by atoms with Crippen LogP contribution in [-0.4, -0.2) is 23.0 Å². The highest BCUT2D eigenvalue weighted by atomic mass is 28.3. The first-order valence-electron chi connectivity index (χ1n) is 29.1. The molecule has 8 aliphatic carbocycles. The highest BCUT2D eigenvalue weighted by Gasteiger charge is 2.63. The Kier molecular flexibility index (Phi) is 9.75. The molecule has 2 spiro atoms. The monoisotopic (exact) mass is 1010 g/mol. The number of benzene rings is 8. The zero-order chi connectivity index (χ0) is 50.5. The van der Waals surface area contributed by atoms with Gasteiger partial charge in [-0.3, -0.25) is 9.80 Å². The van der Waals surface area contributed by atoms with Crippen molar-refractivity contribution < 1.29 is 0 Å². The zero-order valence-electron chi connectivity index (χ0n) is 43.6. The molecule has 5 nitrogen and oxygen atoms in total. The molecule has 3 heterocycles. The lowest BCUT2D eigenvalue weighted by Crippen LogP contribution is -2.74. The van der Waals surface area contributed by atoms with Crippen molar-refractivity contribution in [2.24, 2.45) is 47.3 Å². The van der Waals surface area contributed by atoms with Crippen LogP contribution in [0, 0.1) is 47.3 Å². The Hall–Kier alpha value is -7.41. The molecule has 2 aliphatic heterocycles. The lowest BCUT2D eigenvalue weighted by atomic mass is 9.41. The number of fused-ring (bicyclic) bond motifs is 4. The third-order valence-electron chi connectivity index (χ3n) is 21.4. The maximum absolute atomic E-state index is 5.90. The fourth-order valence-corrected chi connectivity index (χ4v) is 24.1. The number of hydrogen-bond acceptors (Lipinski definition) is 5. The van der Waals surface area contributed by atoms with Gasteiger partial charge in [-0.25, -0.2) is 0 Å². The van der Waals surface area contributed by atoms with E-state index in [1.807, 2.05) is 0 Å². The molecule has 8 saturated carbocycles. The summed E-state index contributed by atoms with van der Waals surface area (Å²) in [4.78, 5) is 22.5. The summed E-state index contributed by atoms with van der Waals surface area (Å²) in [6.45, 7) is 0. The van der Waals surface area contributed by atoms with E-state index < -0.39 is 8.07 Å². The molecule has 376 valence electrons. The van der Waals surface area contributed by atoms with E-state index >= 15 is 0 Å². The van der Waals surface area contributed by atoms with Crippen molar-refractivity contribution in [3.8, 4) is 11.4 Å². The summed E-state index contributed by atoms with van der Waals surface area (Å²) in [5.74, 6) is 7.91. The maximum atomic E-state index is 5.90. The predicted molar refractivity (Wildman–Crippen MR) is 314 cm³/mol. The van der Waals surface area contributed by atoms with Crippen molar-refractivity contribution in [2.45, 2.75) is 75.0 Å². The van der Waals surface area contributed by atoms with Gasteiger partial charge in [-0.2, -0.15) is 15.0 Å². The van der Waals surface area contributed by atoms with E-state index in [1.165, 1.54) is 130 Å². The van der Waals surface area contributed by atoms with Gasteiger partial charge in [0.25, 0.3) is 0 Å². The molecule has 10 aliphatic rings. The Labute approximate surface area is 454 Å². The van der Waals surface area contributed by atoms with Gasteiger partial charge in [-0.1, -0.05) is 188 Å². The van der Waals surface area contributed by atoms with Gasteiger partial charge in [-0.05, 0) is 179 Å². The Morgan fingerprint density at radius 1 is 0.312 bits per heavy atom. The molecule has 0 atom stereocenters. The van der Waals surface area contributed by atoms with E-state index in [-0.39, 0.29) is 10.8 Å². The molecule has 0 N–H and O–H groups in total. The third-order valence-corrected chi connectivity index (χ3v) is 26.2. The number of hydrogen-bond donors (Lipinski definition) is 0. The van der Waals surface area contributed by atoms with Gasteiger partial charge >= 0.3 is 0 Å². The van der Waals surface area contributed by atoms with Crippen molar-refractivity contribution in [1.82, 2.24) is 15.0 Å². The van der Waals surface area contributed by atoms with Crippen molar-refractivity contribution in [2.75, 3.05) is 9.80 Å². The Morgan fingerprint density at radius 3 is 0.974 bits per heavy atom. The van der Waals surface area contributed by atoms with Gasteiger partial charge in [0.2, 0.25) is 11.9 Å². The average molecular weight is 1010 g/mol. The number of para-hydroxylation sites is 4. The lowest BCUT2D eigenvalue weighted by Gasteiger charge is -2.64. The standard InChI is InChI=1S/C71H63N5Si/c1-4-20-55(21-5-1)77(56-22-6-2-7-23-56,57-24-8-3-9-25-57)58-26-18-19-50(45-58)67-72-68(75-63-31-14-10-27-59(63)70(60-28-11-15-32-64(60)75)51-37-46-35-47(39-51)40-52(70)38-46)74-69(73-67)76-65-33-16-12-29-61(65)71(62-30-13-17-34-66(62)76)53-41-48-36-49(43-53)44-54(71)42-48/h1-34,45-49,51-54H,35-44H2. The third kappa shape index (κ3) is 6.14.